The third kappa shape index (κ3) is 5.14. The highest BCUT2D eigenvalue weighted by atomic mass is 32.2. The molecule has 0 aliphatic carbocycles. The van der Waals surface area contributed by atoms with Crippen LogP contribution in [0.3, 0.4) is 0 Å². The Morgan fingerprint density at radius 3 is 2.44 bits per heavy atom. The minimum atomic E-state index is -4.24. The number of fused-ring (bicyclic) bond motifs is 1. The van der Waals surface area contributed by atoms with E-state index in [1.807, 2.05) is 47.0 Å². The summed E-state index contributed by atoms with van der Waals surface area (Å²) >= 11 is 0. The summed E-state index contributed by atoms with van der Waals surface area (Å²) in [5.74, 6) is -0.497. The molecule has 3 heterocycles. The molecule has 41 heavy (non-hydrogen) atoms. The maximum atomic E-state index is 14.2. The van der Waals surface area contributed by atoms with E-state index in [4.69, 9.17) is 15.2 Å². The number of nitrogens with one attached hydrogen (secondary N) is 1. The minimum Gasteiger partial charge on any atom is -0.480 e. The number of halogens is 1. The fourth-order valence-corrected chi connectivity index (χ4v) is 6.07. The molecule has 5 aromatic rings. The number of aromatic nitrogens is 3. The summed E-state index contributed by atoms with van der Waals surface area (Å²) in [7, 11) is -2.92. The Balaban J connectivity index is 1.38. The van der Waals surface area contributed by atoms with Crippen LogP contribution in [0.15, 0.2) is 83.9 Å². The molecule has 1 aliphatic heterocycles. The molecule has 0 saturated carbocycles. The number of sulfonamides is 1. The first-order valence-electron chi connectivity index (χ1n) is 12.9. The van der Waals surface area contributed by atoms with E-state index in [1.165, 1.54) is 43.6 Å². The second-order valence-electron chi connectivity index (χ2n) is 9.44. The van der Waals surface area contributed by atoms with Gasteiger partial charge >= 0.3 is 0 Å². The van der Waals surface area contributed by atoms with Crippen molar-refractivity contribution < 1.29 is 22.3 Å². The Morgan fingerprint density at radius 1 is 0.976 bits per heavy atom. The number of methoxy groups -OCH3 is 1. The van der Waals surface area contributed by atoms with Gasteiger partial charge < -0.3 is 20.1 Å². The van der Waals surface area contributed by atoms with Crippen molar-refractivity contribution in [1.82, 2.24) is 14.5 Å². The van der Waals surface area contributed by atoms with Crippen LogP contribution < -0.4 is 20.1 Å². The number of rotatable bonds is 7. The molecule has 1 saturated heterocycles. The number of morpholine rings is 1. The van der Waals surface area contributed by atoms with Gasteiger partial charge in [-0.2, -0.15) is 0 Å². The van der Waals surface area contributed by atoms with Gasteiger partial charge in [0.1, 0.15) is 10.7 Å². The van der Waals surface area contributed by atoms with E-state index in [0.29, 0.717) is 35.8 Å². The molecule has 0 amide bonds. The van der Waals surface area contributed by atoms with Gasteiger partial charge in [0.25, 0.3) is 10.0 Å². The molecule has 2 aromatic heterocycles. The number of nitrogens with zero attached hydrogens (tertiary/aromatic N) is 4. The second kappa shape index (κ2) is 10.7. The summed E-state index contributed by atoms with van der Waals surface area (Å²) in [5.41, 5.74) is 10.7. The molecule has 0 atom stereocenters. The lowest BCUT2D eigenvalue weighted by molar-refractivity contribution is 0.122. The zero-order valence-electron chi connectivity index (χ0n) is 22.1. The smallest absolute Gasteiger partial charge is 0.267 e. The van der Waals surface area contributed by atoms with Crippen LogP contribution in [-0.4, -0.2) is 56.4 Å². The lowest BCUT2D eigenvalue weighted by Crippen LogP contribution is -2.36. The highest BCUT2D eigenvalue weighted by Gasteiger charge is 2.24. The molecule has 1 fully saturated rings. The van der Waals surface area contributed by atoms with Gasteiger partial charge in [-0.15, -0.1) is 0 Å². The van der Waals surface area contributed by atoms with Crippen molar-refractivity contribution in [2.45, 2.75) is 4.90 Å². The van der Waals surface area contributed by atoms with Crippen LogP contribution in [0.25, 0.3) is 27.8 Å². The molecule has 0 bridgehead atoms. The summed E-state index contributed by atoms with van der Waals surface area (Å²) in [4.78, 5) is 10.8. The Bertz CT molecular complexity index is 1840. The fraction of sp³-hybridized carbons (Fsp3) is 0.172. The number of benzene rings is 3. The topological polar surface area (TPSA) is 125 Å². The number of hydrogen-bond donors (Lipinski definition) is 2. The van der Waals surface area contributed by atoms with Gasteiger partial charge in [-0.3, -0.25) is 9.29 Å². The summed E-state index contributed by atoms with van der Waals surface area (Å²) in [6.07, 6.45) is 1.52. The number of nitrogens with two attached hydrogens (primary N) is 1. The van der Waals surface area contributed by atoms with Crippen LogP contribution in [0.1, 0.15) is 0 Å². The normalized spacial score (nSPS) is 13.9. The van der Waals surface area contributed by atoms with Crippen LogP contribution in [0.2, 0.25) is 0 Å². The quantitative estimate of drug-likeness (QED) is 0.292. The van der Waals surface area contributed by atoms with Crippen LogP contribution in [-0.2, 0) is 14.8 Å². The zero-order valence-corrected chi connectivity index (χ0v) is 22.9. The first-order valence-corrected chi connectivity index (χ1v) is 14.4. The van der Waals surface area contributed by atoms with Gasteiger partial charge in [-0.25, -0.2) is 22.8 Å². The average Bonchev–Trinajstić information content (AvgIpc) is 3.33. The van der Waals surface area contributed by atoms with Gasteiger partial charge in [0, 0.05) is 36.2 Å². The van der Waals surface area contributed by atoms with Crippen molar-refractivity contribution in [2.75, 3.05) is 48.8 Å². The zero-order chi connectivity index (χ0) is 28.6. The molecule has 210 valence electrons. The standard InChI is InChI=1S/C29H27FN6O4S/c1-39-28-27(41(37,38)34-24-5-3-2-4-23(24)30)17-20(18-32-28)19-6-11-25-26(16-19)36(29(31)33-25)22-9-7-21(8-10-22)35-12-14-40-15-13-35/h2-11,16-18,34H,12-15H2,1H3,(H2,31,33). The molecule has 3 N–H and O–H groups in total. The minimum absolute atomic E-state index is 0.117. The molecule has 3 aromatic carbocycles. The predicted molar refractivity (Wildman–Crippen MR) is 156 cm³/mol. The number of pyridine rings is 1. The van der Waals surface area contributed by atoms with E-state index >= 15 is 0 Å². The van der Waals surface area contributed by atoms with Crippen LogP contribution in [0, 0.1) is 5.82 Å². The van der Waals surface area contributed by atoms with Crippen LogP contribution >= 0.6 is 0 Å². The highest BCUT2D eigenvalue weighted by Crippen LogP contribution is 2.33. The molecule has 6 rings (SSSR count). The largest absolute Gasteiger partial charge is 0.480 e. The Kier molecular flexibility index (Phi) is 6.93. The summed E-state index contributed by atoms with van der Waals surface area (Å²) in [6, 6.07) is 20.5. The van der Waals surface area contributed by atoms with Gasteiger partial charge in [-0.05, 0) is 60.2 Å². The number of para-hydroxylation sites is 1. The van der Waals surface area contributed by atoms with Gasteiger partial charge in [0.05, 0.1) is 37.0 Å². The van der Waals surface area contributed by atoms with Crippen LogP contribution in [0.4, 0.5) is 21.7 Å². The average molecular weight is 575 g/mol. The number of hydrogen-bond acceptors (Lipinski definition) is 8. The van der Waals surface area contributed by atoms with Crippen LogP contribution in [0.5, 0.6) is 5.88 Å². The van der Waals surface area contributed by atoms with Gasteiger partial charge in [0.15, 0.2) is 0 Å². The van der Waals surface area contributed by atoms with Crippen molar-refractivity contribution in [3.8, 4) is 22.7 Å². The molecule has 0 unspecified atom stereocenters. The first kappa shape index (κ1) is 26.5. The van der Waals surface area contributed by atoms with Crippen molar-refractivity contribution in [3.63, 3.8) is 0 Å². The van der Waals surface area contributed by atoms with Crippen molar-refractivity contribution >= 4 is 38.4 Å². The molecule has 12 heteroatoms. The molecule has 0 radical (unpaired) electrons. The predicted octanol–water partition coefficient (Wildman–Crippen LogP) is 4.45. The fourth-order valence-electron chi connectivity index (χ4n) is 4.86. The highest BCUT2D eigenvalue weighted by molar-refractivity contribution is 7.92. The second-order valence-corrected chi connectivity index (χ2v) is 11.1. The Labute approximate surface area is 236 Å². The third-order valence-corrected chi connectivity index (χ3v) is 8.28. The Morgan fingerprint density at radius 2 is 1.71 bits per heavy atom. The van der Waals surface area contributed by atoms with E-state index in [2.05, 4.69) is 19.6 Å². The summed E-state index contributed by atoms with van der Waals surface area (Å²) < 4.78 is 55.6. The molecule has 1 aliphatic rings. The first-order chi connectivity index (χ1) is 19.8. The van der Waals surface area contributed by atoms with Gasteiger partial charge in [0.2, 0.25) is 11.8 Å². The third-order valence-electron chi connectivity index (χ3n) is 6.92. The van der Waals surface area contributed by atoms with E-state index in [0.717, 1.165) is 30.0 Å². The maximum Gasteiger partial charge on any atom is 0.267 e. The Hall–Kier alpha value is -4.68. The summed E-state index contributed by atoms with van der Waals surface area (Å²) in [6.45, 7) is 3.07. The number of anilines is 3. The van der Waals surface area contributed by atoms with E-state index in [9.17, 15) is 12.8 Å². The molecule has 10 nitrogen and oxygen atoms in total. The monoisotopic (exact) mass is 574 g/mol. The number of imidazole rings is 1. The number of ether oxygens (including phenoxy) is 2. The number of nitrogen functional groups attached to an aromatic ring is 1. The van der Waals surface area contributed by atoms with Gasteiger partial charge in [-0.1, -0.05) is 18.2 Å². The molecular formula is C29H27FN6O4S. The lowest BCUT2D eigenvalue weighted by Gasteiger charge is -2.29. The maximum absolute atomic E-state index is 14.2. The molecule has 0 spiro atoms. The SMILES string of the molecule is COc1ncc(-c2ccc3nc(N)n(-c4ccc(N5CCOCC5)cc4)c3c2)cc1S(=O)(=O)Nc1ccccc1F. The van der Waals surface area contributed by atoms with Crippen molar-refractivity contribution in [3.05, 3.63) is 84.8 Å². The summed E-state index contributed by atoms with van der Waals surface area (Å²) in [5, 5.41) is 0. The van der Waals surface area contributed by atoms with E-state index < -0.39 is 15.8 Å². The molecular weight excluding hydrogens is 547 g/mol. The van der Waals surface area contributed by atoms with Crippen molar-refractivity contribution in [1.29, 1.82) is 0 Å². The lowest BCUT2D eigenvalue weighted by atomic mass is 10.1. The van der Waals surface area contributed by atoms with E-state index in [1.54, 1.807) is 0 Å². The van der Waals surface area contributed by atoms with Crippen molar-refractivity contribution in [2.24, 2.45) is 0 Å². The van der Waals surface area contributed by atoms with E-state index in [-0.39, 0.29) is 16.5 Å².